The SMILES string of the molecule is CC1(C)COCCN1CCNC(=O)C1CCC(N)C1.Cl.Cl. The van der Waals surface area contributed by atoms with Gasteiger partial charge in [-0.25, -0.2) is 0 Å². The van der Waals surface area contributed by atoms with Crippen LogP contribution in [0.4, 0.5) is 0 Å². The molecule has 21 heavy (non-hydrogen) atoms. The van der Waals surface area contributed by atoms with Crippen LogP contribution in [-0.4, -0.2) is 55.2 Å². The van der Waals surface area contributed by atoms with Gasteiger partial charge >= 0.3 is 0 Å². The highest BCUT2D eigenvalue weighted by Crippen LogP contribution is 2.24. The minimum Gasteiger partial charge on any atom is -0.378 e. The van der Waals surface area contributed by atoms with E-state index >= 15 is 0 Å². The molecule has 0 bridgehead atoms. The molecule has 2 atom stereocenters. The molecule has 0 aromatic rings. The molecule has 0 spiro atoms. The summed E-state index contributed by atoms with van der Waals surface area (Å²) in [5.74, 6) is 0.312. The Hall–Kier alpha value is -0.0700. The zero-order valence-electron chi connectivity index (χ0n) is 13.0. The molecule has 2 aliphatic rings. The molecule has 7 heteroatoms. The molecule has 0 radical (unpaired) electrons. The van der Waals surface area contributed by atoms with Gasteiger partial charge in [0.05, 0.1) is 13.2 Å². The Morgan fingerprint density at radius 3 is 2.67 bits per heavy atom. The van der Waals surface area contributed by atoms with Crippen molar-refractivity contribution in [3.05, 3.63) is 0 Å². The van der Waals surface area contributed by atoms with Gasteiger partial charge in [0.1, 0.15) is 0 Å². The first-order valence-corrected chi connectivity index (χ1v) is 7.35. The number of amides is 1. The number of morpholine rings is 1. The molecule has 2 rings (SSSR count). The van der Waals surface area contributed by atoms with Gasteiger partial charge in [-0.05, 0) is 33.1 Å². The Morgan fingerprint density at radius 1 is 1.38 bits per heavy atom. The van der Waals surface area contributed by atoms with Gasteiger partial charge in [-0.3, -0.25) is 9.69 Å². The summed E-state index contributed by atoms with van der Waals surface area (Å²) in [6.45, 7) is 8.47. The molecule has 1 aliphatic heterocycles. The lowest BCUT2D eigenvalue weighted by Crippen LogP contribution is -2.54. The number of rotatable bonds is 4. The molecule has 3 N–H and O–H groups in total. The first-order chi connectivity index (χ1) is 8.99. The minimum atomic E-state index is 0. The molecule has 1 saturated carbocycles. The predicted molar refractivity (Wildman–Crippen MR) is 89.3 cm³/mol. The summed E-state index contributed by atoms with van der Waals surface area (Å²) >= 11 is 0. The van der Waals surface area contributed by atoms with Gasteiger partial charge in [0, 0.05) is 37.1 Å². The van der Waals surface area contributed by atoms with Gasteiger partial charge in [-0.1, -0.05) is 0 Å². The smallest absolute Gasteiger partial charge is 0.223 e. The van der Waals surface area contributed by atoms with Gasteiger partial charge in [0.15, 0.2) is 0 Å². The molecule has 0 aromatic heterocycles. The maximum absolute atomic E-state index is 12.0. The van der Waals surface area contributed by atoms with Crippen LogP contribution in [0, 0.1) is 5.92 Å². The molecular weight excluding hydrogens is 313 g/mol. The number of hydrogen-bond donors (Lipinski definition) is 2. The molecule has 5 nitrogen and oxygen atoms in total. The molecule has 1 saturated heterocycles. The zero-order valence-corrected chi connectivity index (χ0v) is 14.6. The van der Waals surface area contributed by atoms with Crippen molar-refractivity contribution in [1.29, 1.82) is 0 Å². The summed E-state index contributed by atoms with van der Waals surface area (Å²) in [7, 11) is 0. The van der Waals surface area contributed by atoms with Crippen LogP contribution in [0.15, 0.2) is 0 Å². The van der Waals surface area contributed by atoms with Crippen LogP contribution in [0.3, 0.4) is 0 Å². The quantitative estimate of drug-likeness (QED) is 0.805. The minimum absolute atomic E-state index is 0. The van der Waals surface area contributed by atoms with Gasteiger partial charge in [0.2, 0.25) is 5.91 Å². The molecule has 1 amide bonds. The van der Waals surface area contributed by atoms with E-state index in [0.29, 0.717) is 6.54 Å². The predicted octanol–water partition coefficient (Wildman–Crippen LogP) is 1.18. The van der Waals surface area contributed by atoms with E-state index in [1.54, 1.807) is 0 Å². The third-order valence-electron chi connectivity index (χ3n) is 4.34. The van der Waals surface area contributed by atoms with Gasteiger partial charge < -0.3 is 15.8 Å². The Kier molecular flexibility index (Phi) is 9.12. The fraction of sp³-hybridized carbons (Fsp3) is 0.929. The highest BCUT2D eigenvalue weighted by Gasteiger charge is 2.31. The Labute approximate surface area is 140 Å². The third kappa shape index (κ3) is 5.91. The number of halogens is 2. The second-order valence-electron chi connectivity index (χ2n) is 6.41. The van der Waals surface area contributed by atoms with Crippen LogP contribution in [0.25, 0.3) is 0 Å². The van der Waals surface area contributed by atoms with Crippen LogP contribution in [0.1, 0.15) is 33.1 Å². The lowest BCUT2D eigenvalue weighted by atomic mass is 10.0. The highest BCUT2D eigenvalue weighted by atomic mass is 35.5. The second-order valence-corrected chi connectivity index (χ2v) is 6.41. The highest BCUT2D eigenvalue weighted by molar-refractivity contribution is 5.85. The average Bonchev–Trinajstić information content (AvgIpc) is 2.78. The Balaban J connectivity index is 0.00000200. The maximum Gasteiger partial charge on any atom is 0.223 e. The van der Waals surface area contributed by atoms with Gasteiger partial charge in [-0.2, -0.15) is 0 Å². The average molecular weight is 342 g/mol. The first-order valence-electron chi connectivity index (χ1n) is 7.35. The van der Waals surface area contributed by atoms with Crippen molar-refractivity contribution in [1.82, 2.24) is 10.2 Å². The summed E-state index contributed by atoms with van der Waals surface area (Å²) in [5.41, 5.74) is 5.91. The largest absolute Gasteiger partial charge is 0.378 e. The second kappa shape index (κ2) is 9.16. The van der Waals surface area contributed by atoms with Crippen LogP contribution < -0.4 is 11.1 Å². The molecule has 0 aromatic carbocycles. The molecular formula is C14H29Cl2N3O2. The summed E-state index contributed by atoms with van der Waals surface area (Å²) in [6, 6.07) is 0.217. The number of nitrogens with one attached hydrogen (secondary N) is 1. The van der Waals surface area contributed by atoms with E-state index in [2.05, 4.69) is 24.1 Å². The van der Waals surface area contributed by atoms with Crippen LogP contribution in [-0.2, 0) is 9.53 Å². The number of carbonyl (C=O) groups excluding carboxylic acids is 1. The number of nitrogens with two attached hydrogens (primary N) is 1. The van der Waals surface area contributed by atoms with Gasteiger partial charge in [-0.15, -0.1) is 24.8 Å². The topological polar surface area (TPSA) is 67.6 Å². The fourth-order valence-corrected chi connectivity index (χ4v) is 3.02. The summed E-state index contributed by atoms with van der Waals surface area (Å²) in [4.78, 5) is 14.4. The van der Waals surface area contributed by atoms with Crippen LogP contribution >= 0.6 is 24.8 Å². The van der Waals surface area contributed by atoms with Crippen molar-refractivity contribution in [3.8, 4) is 0 Å². The number of ether oxygens (including phenoxy) is 1. The molecule has 2 unspecified atom stereocenters. The summed E-state index contributed by atoms with van der Waals surface area (Å²) < 4.78 is 5.49. The van der Waals surface area contributed by atoms with Crippen LogP contribution in [0.5, 0.6) is 0 Å². The van der Waals surface area contributed by atoms with Crippen molar-refractivity contribution in [2.45, 2.75) is 44.7 Å². The molecule has 126 valence electrons. The van der Waals surface area contributed by atoms with E-state index < -0.39 is 0 Å². The fourth-order valence-electron chi connectivity index (χ4n) is 3.02. The third-order valence-corrected chi connectivity index (χ3v) is 4.34. The molecule has 1 aliphatic carbocycles. The lowest BCUT2D eigenvalue weighted by molar-refractivity contribution is -0.125. The van der Waals surface area contributed by atoms with Crippen molar-refractivity contribution in [2.24, 2.45) is 11.7 Å². The van der Waals surface area contributed by atoms with E-state index in [4.69, 9.17) is 10.5 Å². The van der Waals surface area contributed by atoms with Crippen molar-refractivity contribution >= 4 is 30.7 Å². The first kappa shape index (κ1) is 20.9. The molecule has 1 heterocycles. The number of nitrogens with zero attached hydrogens (tertiary/aromatic N) is 1. The van der Waals surface area contributed by atoms with E-state index in [-0.39, 0.29) is 48.2 Å². The number of hydrogen-bond acceptors (Lipinski definition) is 4. The summed E-state index contributed by atoms with van der Waals surface area (Å²) in [5, 5.41) is 3.05. The zero-order chi connectivity index (χ0) is 13.9. The van der Waals surface area contributed by atoms with E-state index in [0.717, 1.165) is 45.6 Å². The monoisotopic (exact) mass is 341 g/mol. The Bertz CT molecular complexity index is 329. The van der Waals surface area contributed by atoms with E-state index in [9.17, 15) is 4.79 Å². The lowest BCUT2D eigenvalue weighted by Gasteiger charge is -2.42. The van der Waals surface area contributed by atoms with Gasteiger partial charge in [0.25, 0.3) is 0 Å². The van der Waals surface area contributed by atoms with E-state index in [1.165, 1.54) is 0 Å². The maximum atomic E-state index is 12.0. The Morgan fingerprint density at radius 2 is 2.10 bits per heavy atom. The normalized spacial score (nSPS) is 28.3. The van der Waals surface area contributed by atoms with E-state index in [1.807, 2.05) is 0 Å². The standard InChI is InChI=1S/C14H27N3O2.2ClH/c1-14(2)10-19-8-7-17(14)6-5-16-13(18)11-3-4-12(15)9-11;;/h11-12H,3-10,15H2,1-2H3,(H,16,18);2*1H. The van der Waals surface area contributed by atoms with Crippen LogP contribution in [0.2, 0.25) is 0 Å². The molecule has 2 fully saturated rings. The summed E-state index contributed by atoms with van der Waals surface area (Å²) in [6.07, 6.45) is 2.76. The number of carbonyl (C=O) groups is 1. The van der Waals surface area contributed by atoms with Crippen molar-refractivity contribution < 1.29 is 9.53 Å². The van der Waals surface area contributed by atoms with Crippen molar-refractivity contribution in [2.75, 3.05) is 32.8 Å². The van der Waals surface area contributed by atoms with Crippen molar-refractivity contribution in [3.63, 3.8) is 0 Å².